The zero-order valence-corrected chi connectivity index (χ0v) is 8.01. The van der Waals surface area contributed by atoms with Gasteiger partial charge < -0.3 is 11.1 Å². The summed E-state index contributed by atoms with van der Waals surface area (Å²) in [6.07, 6.45) is 1.72. The Morgan fingerprint density at radius 1 is 1.54 bits per heavy atom. The normalized spacial score (nSPS) is 24.2. The molecule has 1 fully saturated rings. The Labute approximate surface area is 77.6 Å². The molecule has 1 atom stereocenters. The molecule has 0 aromatic heterocycles. The molecule has 1 amide bonds. The fourth-order valence-corrected chi connectivity index (χ4v) is 2.19. The Bertz CT molecular complexity index is 280. The van der Waals surface area contributed by atoms with Crippen molar-refractivity contribution in [3.8, 4) is 0 Å². The highest BCUT2D eigenvalue weighted by molar-refractivity contribution is 8.07. The van der Waals surface area contributed by atoms with Gasteiger partial charge in [-0.15, -0.1) is 0 Å². The molecular formula is C7H13N2O3S. The molecule has 0 aliphatic carbocycles. The monoisotopic (exact) mass is 205 g/mol. The molecule has 1 unspecified atom stereocenters. The van der Waals surface area contributed by atoms with Crippen LogP contribution in [0.25, 0.3) is 0 Å². The molecule has 13 heavy (non-hydrogen) atoms. The molecule has 6 heteroatoms. The van der Waals surface area contributed by atoms with Gasteiger partial charge in [0.1, 0.15) is 0 Å². The van der Waals surface area contributed by atoms with Gasteiger partial charge in [0.15, 0.2) is 0 Å². The summed E-state index contributed by atoms with van der Waals surface area (Å²) in [6.45, 7) is 1.51. The maximum atomic E-state index is 11.0. The predicted molar refractivity (Wildman–Crippen MR) is 48.4 cm³/mol. The van der Waals surface area contributed by atoms with Crippen molar-refractivity contribution >= 4 is 15.1 Å². The van der Waals surface area contributed by atoms with Gasteiger partial charge in [0, 0.05) is 0 Å². The minimum absolute atomic E-state index is 0.0914. The molecule has 1 aliphatic rings. The van der Waals surface area contributed by atoms with Gasteiger partial charge in [-0.1, -0.05) is 0 Å². The number of nitrogens with two attached hydrogens (primary N) is 1. The summed E-state index contributed by atoms with van der Waals surface area (Å²) in [5.74, 6) is 0.966. The van der Waals surface area contributed by atoms with Crippen LogP contribution in [0.2, 0.25) is 0 Å². The first-order valence-electron chi connectivity index (χ1n) is 4.12. The minimum atomic E-state index is -3.82. The summed E-state index contributed by atoms with van der Waals surface area (Å²) in [6, 6.07) is 0. The largest absolute Gasteiger partial charge is 0.356 e. The van der Waals surface area contributed by atoms with E-state index >= 15 is 0 Å². The molecule has 5 nitrogen and oxygen atoms in total. The van der Waals surface area contributed by atoms with Crippen LogP contribution in [-0.4, -0.2) is 26.7 Å². The Kier molecular flexibility index (Phi) is 3.27. The molecular weight excluding hydrogens is 192 g/mol. The maximum Gasteiger partial charge on any atom is 0.334 e. The second-order valence-electron chi connectivity index (χ2n) is 3.11. The number of rotatable bonds is 2. The fraction of sp³-hybridized carbons (Fsp3) is 0.714. The van der Waals surface area contributed by atoms with Crippen LogP contribution in [0.1, 0.15) is 12.8 Å². The van der Waals surface area contributed by atoms with Gasteiger partial charge in [-0.05, 0) is 31.8 Å². The SMILES string of the molecule is NC(=O)S(=O)(=O)[CH]C1CCCNC1. The van der Waals surface area contributed by atoms with Crippen LogP contribution in [0.3, 0.4) is 0 Å². The first-order chi connectivity index (χ1) is 6.02. The van der Waals surface area contributed by atoms with Crippen LogP contribution >= 0.6 is 0 Å². The number of piperidine rings is 1. The van der Waals surface area contributed by atoms with Crippen LogP contribution in [0, 0.1) is 11.7 Å². The average molecular weight is 205 g/mol. The van der Waals surface area contributed by atoms with Crippen molar-refractivity contribution in [2.45, 2.75) is 12.8 Å². The molecule has 0 spiro atoms. The first-order valence-corrected chi connectivity index (χ1v) is 5.67. The molecule has 1 heterocycles. The third-order valence-corrected chi connectivity index (χ3v) is 3.29. The lowest BCUT2D eigenvalue weighted by Crippen LogP contribution is -2.33. The Morgan fingerprint density at radius 2 is 2.23 bits per heavy atom. The molecule has 0 aromatic carbocycles. The lowest BCUT2D eigenvalue weighted by atomic mass is 10.0. The maximum absolute atomic E-state index is 11.0. The number of carbonyl (C=O) groups is 1. The highest BCUT2D eigenvalue weighted by atomic mass is 32.2. The molecule has 3 N–H and O–H groups in total. The summed E-state index contributed by atoms with van der Waals surface area (Å²) < 4.78 is 22.1. The third-order valence-electron chi connectivity index (χ3n) is 1.99. The molecule has 1 saturated heterocycles. The third kappa shape index (κ3) is 2.96. The van der Waals surface area contributed by atoms with Crippen LogP contribution in [0.15, 0.2) is 0 Å². The van der Waals surface area contributed by atoms with E-state index in [0.29, 0.717) is 6.54 Å². The molecule has 0 bridgehead atoms. The molecule has 75 valence electrons. The predicted octanol–water partition coefficient (Wildman–Crippen LogP) is -0.359. The van der Waals surface area contributed by atoms with Crippen LogP contribution in [-0.2, 0) is 9.84 Å². The summed E-state index contributed by atoms with van der Waals surface area (Å²) in [5.41, 5.74) is 4.71. The van der Waals surface area contributed by atoms with Crippen molar-refractivity contribution in [3.63, 3.8) is 0 Å². The van der Waals surface area contributed by atoms with Crippen LogP contribution in [0.5, 0.6) is 0 Å². The average Bonchev–Trinajstić information content (AvgIpc) is 2.05. The van der Waals surface area contributed by atoms with E-state index in [1.54, 1.807) is 0 Å². The number of primary amides is 1. The van der Waals surface area contributed by atoms with E-state index in [-0.39, 0.29) is 5.92 Å². The van der Waals surface area contributed by atoms with Gasteiger partial charge >= 0.3 is 5.24 Å². The number of nitrogens with one attached hydrogen (secondary N) is 1. The van der Waals surface area contributed by atoms with E-state index < -0.39 is 15.1 Å². The molecule has 0 aromatic rings. The zero-order chi connectivity index (χ0) is 9.90. The van der Waals surface area contributed by atoms with Crippen molar-refractivity contribution < 1.29 is 13.2 Å². The number of hydrogen-bond acceptors (Lipinski definition) is 4. The van der Waals surface area contributed by atoms with Gasteiger partial charge in [-0.2, -0.15) is 0 Å². The summed E-state index contributed by atoms with van der Waals surface area (Å²) >= 11 is 0. The van der Waals surface area contributed by atoms with E-state index in [1.807, 2.05) is 0 Å². The zero-order valence-electron chi connectivity index (χ0n) is 7.19. The van der Waals surface area contributed by atoms with Gasteiger partial charge in [-0.3, -0.25) is 4.79 Å². The topological polar surface area (TPSA) is 89.3 Å². The highest BCUT2D eigenvalue weighted by Crippen LogP contribution is 2.16. The molecule has 1 aliphatic heterocycles. The Hall–Kier alpha value is -0.620. The highest BCUT2D eigenvalue weighted by Gasteiger charge is 2.25. The number of hydrogen-bond donors (Lipinski definition) is 2. The van der Waals surface area contributed by atoms with Gasteiger partial charge in [0.25, 0.3) is 0 Å². The summed E-state index contributed by atoms with van der Waals surface area (Å²) in [7, 11) is -3.82. The second kappa shape index (κ2) is 4.06. The summed E-state index contributed by atoms with van der Waals surface area (Å²) in [5, 5.41) is 1.78. The smallest absolute Gasteiger partial charge is 0.334 e. The Balaban J connectivity index is 2.52. The van der Waals surface area contributed by atoms with Crippen molar-refractivity contribution in [1.82, 2.24) is 5.32 Å². The van der Waals surface area contributed by atoms with E-state index in [9.17, 15) is 13.2 Å². The van der Waals surface area contributed by atoms with Crippen LogP contribution in [0.4, 0.5) is 4.79 Å². The number of amides is 1. The lowest BCUT2D eigenvalue weighted by Gasteiger charge is -2.21. The van der Waals surface area contributed by atoms with Crippen molar-refractivity contribution in [2.75, 3.05) is 13.1 Å². The van der Waals surface area contributed by atoms with Crippen LogP contribution < -0.4 is 11.1 Å². The second-order valence-corrected chi connectivity index (χ2v) is 4.87. The fourth-order valence-electron chi connectivity index (χ4n) is 1.32. The van der Waals surface area contributed by atoms with Gasteiger partial charge in [0.05, 0.1) is 5.75 Å². The standard InChI is InChI=1S/C7H13N2O3S/c8-7(10)13(11,12)5-6-2-1-3-9-4-6/h5-6,9H,1-4H2,(H2,8,10). The molecule has 0 saturated carbocycles. The molecule has 1 rings (SSSR count). The van der Waals surface area contributed by atoms with E-state index in [0.717, 1.165) is 25.1 Å². The van der Waals surface area contributed by atoms with Crippen molar-refractivity contribution in [1.29, 1.82) is 0 Å². The quantitative estimate of drug-likeness (QED) is 0.644. The lowest BCUT2D eigenvalue weighted by molar-refractivity contribution is 0.265. The minimum Gasteiger partial charge on any atom is -0.356 e. The van der Waals surface area contributed by atoms with Gasteiger partial charge in [0.2, 0.25) is 9.84 Å². The number of carbonyl (C=O) groups excluding carboxylic acids is 1. The van der Waals surface area contributed by atoms with E-state index in [2.05, 4.69) is 5.32 Å². The van der Waals surface area contributed by atoms with E-state index in [1.165, 1.54) is 0 Å². The van der Waals surface area contributed by atoms with E-state index in [4.69, 9.17) is 5.73 Å². The first kappa shape index (κ1) is 10.5. The van der Waals surface area contributed by atoms with Gasteiger partial charge in [-0.25, -0.2) is 8.42 Å². The van der Waals surface area contributed by atoms with Crippen molar-refractivity contribution in [2.24, 2.45) is 11.7 Å². The van der Waals surface area contributed by atoms with Crippen molar-refractivity contribution in [3.05, 3.63) is 5.75 Å². The molecule has 1 radical (unpaired) electrons. The summed E-state index contributed by atoms with van der Waals surface area (Å²) in [4.78, 5) is 10.5. The number of sulfone groups is 1. The Morgan fingerprint density at radius 3 is 2.69 bits per heavy atom.